The molecule has 0 aromatic rings. The average Bonchev–Trinajstić information content (AvgIpc) is 2.14. The van der Waals surface area contributed by atoms with E-state index < -0.39 is 0 Å². The van der Waals surface area contributed by atoms with Crippen molar-refractivity contribution >= 4 is 0 Å². The molecule has 4 bridgehead atoms. The van der Waals surface area contributed by atoms with Crippen LogP contribution in [0, 0.1) is 17.3 Å². The quantitative estimate of drug-likeness (QED) is 0.512. The fourth-order valence-corrected chi connectivity index (χ4v) is 4.54. The molecule has 16 heavy (non-hydrogen) atoms. The van der Waals surface area contributed by atoms with E-state index in [1.165, 1.54) is 32.1 Å². The Morgan fingerprint density at radius 2 is 2.31 bits per heavy atom. The van der Waals surface area contributed by atoms with E-state index in [0.29, 0.717) is 5.41 Å². The van der Waals surface area contributed by atoms with Crippen LogP contribution in [0.4, 0.5) is 0 Å². The first-order valence-corrected chi connectivity index (χ1v) is 6.53. The lowest BCUT2D eigenvalue weighted by atomic mass is 9.49. The van der Waals surface area contributed by atoms with Crippen LogP contribution in [0.2, 0.25) is 0 Å². The van der Waals surface area contributed by atoms with E-state index in [0.717, 1.165) is 11.8 Å². The highest BCUT2D eigenvalue weighted by Crippen LogP contribution is 2.62. The standard InChI is InChI=1S/C15H22O/c1-4-16-14(2,3)15-8-11-5-12(9-15)7-13(6-11)10-15/h4-5,11,13H,1,6-10H2,2-3H3. The predicted octanol–water partition coefficient (Wildman–Crippen LogP) is 4.06. The van der Waals surface area contributed by atoms with E-state index in [9.17, 15) is 0 Å². The SMILES string of the molecule is C=COC(C)(C)C12CC3=CC(CC(C3)C1)C2. The Kier molecular flexibility index (Phi) is 2.05. The van der Waals surface area contributed by atoms with Crippen molar-refractivity contribution in [3.63, 3.8) is 0 Å². The summed E-state index contributed by atoms with van der Waals surface area (Å²) >= 11 is 0. The van der Waals surface area contributed by atoms with Crippen LogP contribution in [0.1, 0.15) is 46.0 Å². The van der Waals surface area contributed by atoms with Crippen LogP contribution in [0.15, 0.2) is 24.5 Å². The third-order valence-corrected chi connectivity index (χ3v) is 5.21. The van der Waals surface area contributed by atoms with Crippen molar-refractivity contribution in [1.29, 1.82) is 0 Å². The van der Waals surface area contributed by atoms with Crippen LogP contribution >= 0.6 is 0 Å². The lowest BCUT2D eigenvalue weighted by Gasteiger charge is -2.58. The summed E-state index contributed by atoms with van der Waals surface area (Å²) in [5.74, 6) is 1.77. The first-order valence-electron chi connectivity index (χ1n) is 6.53. The molecule has 3 unspecified atom stereocenters. The zero-order valence-corrected chi connectivity index (χ0v) is 10.5. The fourth-order valence-electron chi connectivity index (χ4n) is 4.54. The molecule has 1 heteroatoms. The topological polar surface area (TPSA) is 9.23 Å². The summed E-state index contributed by atoms with van der Waals surface area (Å²) in [4.78, 5) is 0. The maximum absolute atomic E-state index is 5.85. The predicted molar refractivity (Wildman–Crippen MR) is 65.9 cm³/mol. The summed E-state index contributed by atoms with van der Waals surface area (Å²) in [5, 5.41) is 0. The molecule has 0 aromatic heterocycles. The highest BCUT2D eigenvalue weighted by molar-refractivity contribution is 5.24. The van der Waals surface area contributed by atoms with Crippen molar-refractivity contribution < 1.29 is 4.74 Å². The molecule has 88 valence electrons. The Morgan fingerprint density at radius 1 is 1.50 bits per heavy atom. The van der Waals surface area contributed by atoms with Crippen LogP contribution in [-0.2, 0) is 4.74 Å². The third-order valence-electron chi connectivity index (χ3n) is 5.21. The number of allylic oxidation sites excluding steroid dienone is 2. The highest BCUT2D eigenvalue weighted by Gasteiger charge is 2.55. The van der Waals surface area contributed by atoms with E-state index in [4.69, 9.17) is 4.74 Å². The van der Waals surface area contributed by atoms with E-state index in [1.54, 1.807) is 11.8 Å². The number of rotatable bonds is 3. The summed E-state index contributed by atoms with van der Waals surface area (Å²) in [5.41, 5.74) is 2.04. The molecular weight excluding hydrogens is 196 g/mol. The lowest BCUT2D eigenvalue weighted by Crippen LogP contribution is -2.53. The Hall–Kier alpha value is -0.720. The van der Waals surface area contributed by atoms with Crippen LogP contribution in [0.25, 0.3) is 0 Å². The van der Waals surface area contributed by atoms with Gasteiger partial charge < -0.3 is 4.74 Å². The van der Waals surface area contributed by atoms with Gasteiger partial charge in [-0.15, -0.1) is 0 Å². The molecule has 4 rings (SSSR count). The van der Waals surface area contributed by atoms with E-state index in [-0.39, 0.29) is 5.60 Å². The number of hydrogen-bond donors (Lipinski definition) is 0. The molecule has 0 aromatic carbocycles. The van der Waals surface area contributed by atoms with Gasteiger partial charge in [0.25, 0.3) is 0 Å². The van der Waals surface area contributed by atoms with Crippen LogP contribution < -0.4 is 0 Å². The molecule has 3 atom stereocenters. The van der Waals surface area contributed by atoms with Gasteiger partial charge in [-0.3, -0.25) is 0 Å². The molecule has 0 heterocycles. The highest BCUT2D eigenvalue weighted by atomic mass is 16.5. The second-order valence-corrected chi connectivity index (χ2v) is 6.55. The summed E-state index contributed by atoms with van der Waals surface area (Å²) < 4.78 is 5.85. The van der Waals surface area contributed by atoms with Crippen molar-refractivity contribution in [1.82, 2.24) is 0 Å². The normalized spacial score (nSPS) is 40.8. The van der Waals surface area contributed by atoms with E-state index >= 15 is 0 Å². The van der Waals surface area contributed by atoms with Gasteiger partial charge in [-0.1, -0.05) is 18.2 Å². The van der Waals surface area contributed by atoms with Crippen LogP contribution in [0.3, 0.4) is 0 Å². The van der Waals surface area contributed by atoms with Gasteiger partial charge in [0, 0.05) is 5.41 Å². The fraction of sp³-hybridized carbons (Fsp3) is 0.733. The third kappa shape index (κ3) is 1.30. The van der Waals surface area contributed by atoms with Crippen molar-refractivity contribution in [3.8, 4) is 0 Å². The minimum absolute atomic E-state index is 0.0500. The Morgan fingerprint density at radius 3 is 2.94 bits per heavy atom. The minimum Gasteiger partial charge on any atom is -0.495 e. The van der Waals surface area contributed by atoms with Crippen molar-refractivity contribution in [3.05, 3.63) is 24.5 Å². The van der Waals surface area contributed by atoms with Gasteiger partial charge in [-0.05, 0) is 57.8 Å². The van der Waals surface area contributed by atoms with Crippen molar-refractivity contribution in [2.45, 2.75) is 51.6 Å². The second kappa shape index (κ2) is 3.15. The molecule has 0 spiro atoms. The van der Waals surface area contributed by atoms with E-state index in [2.05, 4.69) is 26.5 Å². The largest absolute Gasteiger partial charge is 0.495 e. The zero-order chi connectivity index (χ0) is 11.4. The summed E-state index contributed by atoms with van der Waals surface area (Å²) in [6.07, 6.45) is 10.9. The van der Waals surface area contributed by atoms with Gasteiger partial charge in [-0.25, -0.2) is 0 Å². The smallest absolute Gasteiger partial charge is 0.108 e. The lowest BCUT2D eigenvalue weighted by molar-refractivity contribution is -0.117. The van der Waals surface area contributed by atoms with Gasteiger partial charge in [0.15, 0.2) is 0 Å². The Bertz CT molecular complexity index is 352. The maximum atomic E-state index is 5.85. The van der Waals surface area contributed by atoms with Crippen LogP contribution in [0.5, 0.6) is 0 Å². The molecular formula is C15H22O. The number of hydrogen-bond acceptors (Lipinski definition) is 1. The first-order chi connectivity index (χ1) is 7.55. The maximum Gasteiger partial charge on any atom is 0.108 e. The molecule has 0 saturated heterocycles. The molecule has 4 aliphatic carbocycles. The molecule has 0 amide bonds. The van der Waals surface area contributed by atoms with E-state index in [1.807, 2.05) is 0 Å². The van der Waals surface area contributed by atoms with Gasteiger partial charge in [0.2, 0.25) is 0 Å². The summed E-state index contributed by atoms with van der Waals surface area (Å²) in [6, 6.07) is 0. The van der Waals surface area contributed by atoms with Crippen LogP contribution in [-0.4, -0.2) is 5.60 Å². The number of ether oxygens (including phenoxy) is 1. The zero-order valence-electron chi connectivity index (χ0n) is 10.5. The van der Waals surface area contributed by atoms with Gasteiger partial charge in [-0.2, -0.15) is 0 Å². The molecule has 1 nitrogen and oxygen atoms in total. The molecule has 2 saturated carbocycles. The average molecular weight is 218 g/mol. The monoisotopic (exact) mass is 218 g/mol. The van der Waals surface area contributed by atoms with Gasteiger partial charge in [0.1, 0.15) is 5.60 Å². The molecule has 0 radical (unpaired) electrons. The van der Waals surface area contributed by atoms with Gasteiger partial charge in [0.05, 0.1) is 6.26 Å². The molecule has 0 aliphatic heterocycles. The summed E-state index contributed by atoms with van der Waals surface area (Å²) in [7, 11) is 0. The van der Waals surface area contributed by atoms with Crippen molar-refractivity contribution in [2.24, 2.45) is 17.3 Å². The Labute approximate surface area is 98.6 Å². The second-order valence-electron chi connectivity index (χ2n) is 6.55. The minimum atomic E-state index is -0.0500. The Balaban J connectivity index is 1.95. The van der Waals surface area contributed by atoms with Gasteiger partial charge >= 0.3 is 0 Å². The summed E-state index contributed by atoms with van der Waals surface area (Å²) in [6.45, 7) is 8.24. The molecule has 4 aliphatic rings. The first kappa shape index (κ1) is 10.4. The van der Waals surface area contributed by atoms with Crippen molar-refractivity contribution in [2.75, 3.05) is 0 Å². The molecule has 0 N–H and O–H groups in total. The molecule has 2 fully saturated rings.